The number of nitrogens with zero attached hydrogens (tertiary/aromatic N) is 3. The van der Waals surface area contributed by atoms with Crippen LogP contribution in [0.1, 0.15) is 18.5 Å². The predicted molar refractivity (Wildman–Crippen MR) is 54.2 cm³/mol. The summed E-state index contributed by atoms with van der Waals surface area (Å²) in [6.45, 7) is 1.69. The quantitative estimate of drug-likeness (QED) is 0.787. The molecule has 0 aliphatic carbocycles. The third-order valence-electron chi connectivity index (χ3n) is 1.81. The molecule has 1 heterocycles. The van der Waals surface area contributed by atoms with E-state index in [1.165, 1.54) is 14.2 Å². The smallest absolute Gasteiger partial charge is 0.319 e. The van der Waals surface area contributed by atoms with E-state index < -0.39 is 5.92 Å². The van der Waals surface area contributed by atoms with Crippen molar-refractivity contribution in [3.63, 3.8) is 0 Å². The molecule has 1 unspecified atom stereocenters. The minimum Gasteiger partial charge on any atom is -0.480 e. The molecule has 15 heavy (non-hydrogen) atoms. The van der Waals surface area contributed by atoms with Crippen LogP contribution in [0, 0.1) is 11.3 Å². The van der Waals surface area contributed by atoms with Crippen molar-refractivity contribution in [2.75, 3.05) is 14.2 Å². The van der Waals surface area contributed by atoms with Gasteiger partial charge in [-0.25, -0.2) is 0 Å². The molecule has 0 aromatic carbocycles. The molecule has 0 saturated carbocycles. The van der Waals surface area contributed by atoms with Crippen LogP contribution in [0.4, 0.5) is 0 Å². The summed E-state index contributed by atoms with van der Waals surface area (Å²) in [6.07, 6.45) is 0. The van der Waals surface area contributed by atoms with Crippen molar-refractivity contribution in [1.29, 1.82) is 5.26 Å². The van der Waals surface area contributed by atoms with Crippen molar-refractivity contribution in [2.24, 2.45) is 0 Å². The fraction of sp³-hybridized carbons (Fsp3) is 0.444. The Morgan fingerprint density at radius 1 is 1.33 bits per heavy atom. The predicted octanol–water partition coefficient (Wildman–Crippen LogP) is 1.77. The van der Waals surface area contributed by atoms with E-state index in [-0.39, 0.29) is 16.9 Å². The normalized spacial score (nSPS) is 11.7. The largest absolute Gasteiger partial charge is 0.480 e. The van der Waals surface area contributed by atoms with Gasteiger partial charge in [0.1, 0.15) is 5.02 Å². The molecule has 6 heteroatoms. The van der Waals surface area contributed by atoms with E-state index in [1.807, 2.05) is 6.07 Å². The summed E-state index contributed by atoms with van der Waals surface area (Å²) in [5.41, 5.74) is 0.405. The van der Waals surface area contributed by atoms with Crippen molar-refractivity contribution in [2.45, 2.75) is 12.8 Å². The van der Waals surface area contributed by atoms with Gasteiger partial charge >= 0.3 is 6.01 Å². The fourth-order valence-corrected chi connectivity index (χ4v) is 1.32. The van der Waals surface area contributed by atoms with Crippen LogP contribution < -0.4 is 9.47 Å². The summed E-state index contributed by atoms with van der Waals surface area (Å²) in [5.74, 6) is -0.232. The van der Waals surface area contributed by atoms with Crippen LogP contribution in [-0.4, -0.2) is 24.2 Å². The highest BCUT2D eigenvalue weighted by atomic mass is 35.5. The van der Waals surface area contributed by atoms with E-state index in [0.29, 0.717) is 5.69 Å². The van der Waals surface area contributed by atoms with Gasteiger partial charge in [-0.1, -0.05) is 11.6 Å². The number of hydrogen-bond acceptors (Lipinski definition) is 5. The number of ether oxygens (including phenoxy) is 2. The van der Waals surface area contributed by atoms with Gasteiger partial charge in [0.15, 0.2) is 0 Å². The lowest BCUT2D eigenvalue weighted by Gasteiger charge is -2.09. The van der Waals surface area contributed by atoms with Gasteiger partial charge in [-0.15, -0.1) is 0 Å². The lowest BCUT2D eigenvalue weighted by atomic mass is 10.1. The van der Waals surface area contributed by atoms with Gasteiger partial charge in [0.25, 0.3) is 0 Å². The number of methoxy groups -OCH3 is 2. The number of hydrogen-bond donors (Lipinski definition) is 0. The fourth-order valence-electron chi connectivity index (χ4n) is 0.997. The van der Waals surface area contributed by atoms with Gasteiger partial charge in [0.05, 0.1) is 31.9 Å². The van der Waals surface area contributed by atoms with Gasteiger partial charge in [0.2, 0.25) is 5.88 Å². The molecule has 80 valence electrons. The summed E-state index contributed by atoms with van der Waals surface area (Å²) in [6, 6.07) is 2.17. The molecule has 0 N–H and O–H groups in total. The molecule has 1 aromatic heterocycles. The van der Waals surface area contributed by atoms with Crippen molar-refractivity contribution in [3.05, 3.63) is 10.7 Å². The Kier molecular flexibility index (Phi) is 3.69. The van der Waals surface area contributed by atoms with Crippen molar-refractivity contribution < 1.29 is 9.47 Å². The second kappa shape index (κ2) is 4.80. The average molecular weight is 228 g/mol. The molecule has 1 aromatic rings. The van der Waals surface area contributed by atoms with Crippen LogP contribution in [0.5, 0.6) is 11.9 Å². The van der Waals surface area contributed by atoms with E-state index in [2.05, 4.69) is 9.97 Å². The number of rotatable bonds is 3. The van der Waals surface area contributed by atoms with Crippen LogP contribution >= 0.6 is 11.6 Å². The second-order valence-electron chi connectivity index (χ2n) is 2.77. The molecule has 0 radical (unpaired) electrons. The van der Waals surface area contributed by atoms with Gasteiger partial charge in [-0.05, 0) is 6.92 Å². The molecule has 0 spiro atoms. The zero-order valence-electron chi connectivity index (χ0n) is 8.61. The molecule has 0 amide bonds. The molecule has 5 nitrogen and oxygen atoms in total. The Morgan fingerprint density at radius 2 is 2.00 bits per heavy atom. The van der Waals surface area contributed by atoms with E-state index in [4.69, 9.17) is 26.3 Å². The highest BCUT2D eigenvalue weighted by molar-refractivity contribution is 6.32. The summed E-state index contributed by atoms with van der Waals surface area (Å²) >= 11 is 5.95. The molecule has 0 aliphatic heterocycles. The highest BCUT2D eigenvalue weighted by Gasteiger charge is 2.18. The zero-order chi connectivity index (χ0) is 11.4. The molecule has 1 rings (SSSR count). The highest BCUT2D eigenvalue weighted by Crippen LogP contribution is 2.31. The molecule has 0 bridgehead atoms. The third-order valence-corrected chi connectivity index (χ3v) is 2.16. The Balaban J connectivity index is 3.31. The Bertz CT molecular complexity index is 403. The monoisotopic (exact) mass is 227 g/mol. The van der Waals surface area contributed by atoms with Crippen molar-refractivity contribution in [3.8, 4) is 18.0 Å². The maximum absolute atomic E-state index is 8.79. The Labute approximate surface area is 92.6 Å². The summed E-state index contributed by atoms with van der Waals surface area (Å²) in [5, 5.41) is 9.03. The second-order valence-corrected chi connectivity index (χ2v) is 3.15. The standard InChI is InChI=1S/C9H10ClN3O2/c1-5(4-11)7-6(10)8(14-2)13-9(12-7)15-3/h5H,1-3H3. The van der Waals surface area contributed by atoms with Gasteiger partial charge in [-0.3, -0.25) is 0 Å². The average Bonchev–Trinajstić information content (AvgIpc) is 2.28. The van der Waals surface area contributed by atoms with E-state index in [1.54, 1.807) is 6.92 Å². The van der Waals surface area contributed by atoms with Gasteiger partial charge < -0.3 is 9.47 Å². The number of halogens is 1. The molecule has 0 fully saturated rings. The van der Waals surface area contributed by atoms with Crippen LogP contribution in [0.15, 0.2) is 0 Å². The lowest BCUT2D eigenvalue weighted by Crippen LogP contribution is -2.03. The van der Waals surface area contributed by atoms with Crippen LogP contribution in [-0.2, 0) is 0 Å². The molecule has 1 atom stereocenters. The van der Waals surface area contributed by atoms with Crippen LogP contribution in [0.25, 0.3) is 0 Å². The van der Waals surface area contributed by atoms with Gasteiger partial charge in [-0.2, -0.15) is 15.2 Å². The van der Waals surface area contributed by atoms with Crippen LogP contribution in [0.2, 0.25) is 5.02 Å². The first-order valence-electron chi connectivity index (χ1n) is 4.19. The zero-order valence-corrected chi connectivity index (χ0v) is 9.37. The maximum Gasteiger partial charge on any atom is 0.319 e. The van der Waals surface area contributed by atoms with Crippen LogP contribution in [0.3, 0.4) is 0 Å². The van der Waals surface area contributed by atoms with E-state index >= 15 is 0 Å². The number of nitriles is 1. The molecule has 0 saturated heterocycles. The topological polar surface area (TPSA) is 68.0 Å². The molecular formula is C9H10ClN3O2. The van der Waals surface area contributed by atoms with E-state index in [9.17, 15) is 0 Å². The SMILES string of the molecule is COc1nc(OC)c(Cl)c(C(C)C#N)n1. The summed E-state index contributed by atoms with van der Waals surface area (Å²) < 4.78 is 9.83. The third kappa shape index (κ3) is 2.28. The van der Waals surface area contributed by atoms with Crippen molar-refractivity contribution in [1.82, 2.24) is 9.97 Å². The molecular weight excluding hydrogens is 218 g/mol. The minimum absolute atomic E-state index is 0.133. The first kappa shape index (κ1) is 11.5. The van der Waals surface area contributed by atoms with E-state index in [0.717, 1.165) is 0 Å². The summed E-state index contributed by atoms with van der Waals surface area (Å²) in [4.78, 5) is 7.89. The Morgan fingerprint density at radius 3 is 2.47 bits per heavy atom. The first-order chi connectivity index (χ1) is 7.13. The number of aromatic nitrogens is 2. The van der Waals surface area contributed by atoms with Gasteiger partial charge in [0, 0.05) is 0 Å². The first-order valence-corrected chi connectivity index (χ1v) is 4.56. The van der Waals surface area contributed by atoms with Crippen molar-refractivity contribution >= 4 is 11.6 Å². The minimum atomic E-state index is -0.441. The lowest BCUT2D eigenvalue weighted by molar-refractivity contribution is 0.350. The maximum atomic E-state index is 8.79. The molecule has 0 aliphatic rings. The summed E-state index contributed by atoms with van der Waals surface area (Å²) in [7, 11) is 2.87. The Hall–Kier alpha value is -1.54.